The predicted molar refractivity (Wildman–Crippen MR) is 99.1 cm³/mol. The smallest absolute Gasteiger partial charge is 0.135 e. The molecule has 0 aliphatic heterocycles. The van der Waals surface area contributed by atoms with Crippen molar-refractivity contribution in [1.82, 2.24) is 0 Å². The van der Waals surface area contributed by atoms with Gasteiger partial charge in [-0.15, -0.1) is 0 Å². The largest absolute Gasteiger partial charge is 0.299 e. The summed E-state index contributed by atoms with van der Waals surface area (Å²) in [6, 6.07) is 0. The van der Waals surface area contributed by atoms with E-state index in [0.29, 0.717) is 11.2 Å². The molecule has 0 amide bonds. The van der Waals surface area contributed by atoms with E-state index in [0.717, 1.165) is 19.3 Å². The minimum absolute atomic E-state index is 0.0816. The van der Waals surface area contributed by atoms with Gasteiger partial charge < -0.3 is 0 Å². The third-order valence-corrected chi connectivity index (χ3v) is 6.28. The number of Topliss-reactive ketones (excluding diaryl/α,β-unsaturated/α-hetero) is 1. The summed E-state index contributed by atoms with van der Waals surface area (Å²) < 4.78 is 0. The maximum atomic E-state index is 12.0. The van der Waals surface area contributed by atoms with Crippen LogP contribution in [0.3, 0.4) is 0 Å². The Labute approximate surface area is 140 Å². The van der Waals surface area contributed by atoms with E-state index < -0.39 is 0 Å². The van der Waals surface area contributed by atoms with Crippen molar-refractivity contribution < 1.29 is 4.79 Å². The average Bonchev–Trinajstić information content (AvgIpc) is 2.37. The van der Waals surface area contributed by atoms with Gasteiger partial charge in [-0.05, 0) is 42.4 Å². The van der Waals surface area contributed by atoms with E-state index in [1.54, 1.807) is 6.92 Å². The highest BCUT2D eigenvalue weighted by Crippen LogP contribution is 2.50. The van der Waals surface area contributed by atoms with Crippen molar-refractivity contribution in [3.63, 3.8) is 0 Å². The number of hydrogen-bond donors (Lipinski definition) is 0. The first kappa shape index (κ1) is 21.4. The lowest BCUT2D eigenvalue weighted by molar-refractivity contribution is -0.127. The maximum absolute atomic E-state index is 12.0. The monoisotopic (exact) mass is 308 g/mol. The Morgan fingerprint density at radius 1 is 0.909 bits per heavy atom. The highest BCUT2D eigenvalue weighted by atomic mass is 16.1. The zero-order valence-corrected chi connectivity index (χ0v) is 16.9. The summed E-state index contributed by atoms with van der Waals surface area (Å²) in [5, 5.41) is 0. The second-order valence-corrected chi connectivity index (χ2v) is 9.38. The zero-order chi connectivity index (χ0) is 17.8. The van der Waals surface area contributed by atoms with Crippen LogP contribution in [0.15, 0.2) is 12.2 Å². The van der Waals surface area contributed by atoms with Crippen molar-refractivity contribution in [3.8, 4) is 0 Å². The van der Waals surface area contributed by atoms with E-state index in [4.69, 9.17) is 0 Å². The summed E-state index contributed by atoms with van der Waals surface area (Å²) in [7, 11) is 0. The second-order valence-electron chi connectivity index (χ2n) is 9.38. The molecule has 0 aliphatic carbocycles. The number of allylic oxidation sites excluding steroid dienone is 2. The van der Waals surface area contributed by atoms with Crippen molar-refractivity contribution in [1.29, 1.82) is 0 Å². The molecule has 0 aromatic heterocycles. The van der Waals surface area contributed by atoms with Gasteiger partial charge in [-0.1, -0.05) is 80.9 Å². The predicted octanol–water partition coefficient (Wildman–Crippen LogP) is 6.82. The van der Waals surface area contributed by atoms with Gasteiger partial charge in [0.15, 0.2) is 0 Å². The van der Waals surface area contributed by atoms with Gasteiger partial charge >= 0.3 is 0 Å². The topological polar surface area (TPSA) is 17.1 Å². The van der Waals surface area contributed by atoms with Crippen molar-refractivity contribution >= 4 is 5.78 Å². The van der Waals surface area contributed by atoms with E-state index >= 15 is 0 Å². The molecule has 0 rings (SSSR count). The van der Waals surface area contributed by atoms with Crippen LogP contribution in [-0.4, -0.2) is 5.78 Å². The van der Waals surface area contributed by atoms with Gasteiger partial charge in [0.25, 0.3) is 0 Å². The first-order valence-electron chi connectivity index (χ1n) is 8.92. The molecule has 0 heterocycles. The summed E-state index contributed by atoms with van der Waals surface area (Å²) in [5.74, 6) is 0.291. The lowest BCUT2D eigenvalue weighted by Crippen LogP contribution is -2.39. The molecule has 1 heteroatoms. The molecule has 0 aromatic carbocycles. The van der Waals surface area contributed by atoms with E-state index in [1.165, 1.54) is 6.42 Å². The quantitative estimate of drug-likeness (QED) is 0.427. The van der Waals surface area contributed by atoms with Crippen molar-refractivity contribution in [2.24, 2.45) is 21.7 Å². The molecule has 22 heavy (non-hydrogen) atoms. The van der Waals surface area contributed by atoms with Gasteiger partial charge in [0.2, 0.25) is 0 Å². The van der Waals surface area contributed by atoms with Crippen LogP contribution in [0.2, 0.25) is 0 Å². The van der Waals surface area contributed by atoms with E-state index in [9.17, 15) is 4.79 Å². The van der Waals surface area contributed by atoms with Crippen molar-refractivity contribution in [3.05, 3.63) is 12.2 Å². The molecule has 0 spiro atoms. The van der Waals surface area contributed by atoms with Crippen LogP contribution in [0.1, 0.15) is 94.9 Å². The van der Waals surface area contributed by atoms with Crippen LogP contribution in [-0.2, 0) is 4.79 Å². The molecule has 1 atom stereocenters. The zero-order valence-electron chi connectivity index (χ0n) is 16.9. The minimum atomic E-state index is -0.251. The standard InChI is InChI=1S/C21H40O/c1-11-18(4,5)14-13-15-20(8,9)21(10,12-2)16-19(6,7)17(3)22/h13,15H,11-12,14,16H2,1-10H3. The average molecular weight is 309 g/mol. The molecule has 0 fully saturated rings. The number of ketones is 1. The second kappa shape index (κ2) is 7.32. The maximum Gasteiger partial charge on any atom is 0.135 e. The molecule has 1 unspecified atom stereocenters. The summed E-state index contributed by atoms with van der Waals surface area (Å²) in [4.78, 5) is 12.0. The summed E-state index contributed by atoms with van der Waals surface area (Å²) in [5.41, 5.74) is 0.319. The molecule has 1 nitrogen and oxygen atoms in total. The number of rotatable bonds is 9. The summed E-state index contributed by atoms with van der Waals surface area (Å²) >= 11 is 0. The molecular weight excluding hydrogens is 268 g/mol. The van der Waals surface area contributed by atoms with Crippen LogP contribution in [0.5, 0.6) is 0 Å². The molecule has 0 aliphatic rings. The number of carbonyl (C=O) groups excluding carboxylic acids is 1. The van der Waals surface area contributed by atoms with Gasteiger partial charge in [-0.25, -0.2) is 0 Å². The molecule has 0 saturated carbocycles. The van der Waals surface area contributed by atoms with Gasteiger partial charge in [0.05, 0.1) is 0 Å². The third-order valence-electron chi connectivity index (χ3n) is 6.28. The van der Waals surface area contributed by atoms with Gasteiger partial charge in [0.1, 0.15) is 5.78 Å². The summed E-state index contributed by atoms with van der Waals surface area (Å²) in [6.45, 7) is 22.0. The molecule has 0 bridgehead atoms. The highest BCUT2D eigenvalue weighted by Gasteiger charge is 2.43. The molecular formula is C21H40O. The van der Waals surface area contributed by atoms with Crippen LogP contribution in [0.4, 0.5) is 0 Å². The number of hydrogen-bond acceptors (Lipinski definition) is 1. The van der Waals surface area contributed by atoms with E-state index in [1.807, 2.05) is 0 Å². The highest BCUT2D eigenvalue weighted by molar-refractivity contribution is 5.81. The Kier molecular flexibility index (Phi) is 7.12. The first-order chi connectivity index (χ1) is 9.73. The molecule has 0 aromatic rings. The fraction of sp³-hybridized carbons (Fsp3) is 0.857. The molecule has 130 valence electrons. The van der Waals surface area contributed by atoms with E-state index in [2.05, 4.69) is 74.5 Å². The Balaban J connectivity index is 5.26. The fourth-order valence-corrected chi connectivity index (χ4v) is 2.93. The molecule has 0 saturated heterocycles. The van der Waals surface area contributed by atoms with Crippen LogP contribution < -0.4 is 0 Å². The van der Waals surface area contributed by atoms with Gasteiger partial charge in [0, 0.05) is 5.41 Å². The van der Waals surface area contributed by atoms with Crippen molar-refractivity contribution in [2.45, 2.75) is 94.9 Å². The van der Waals surface area contributed by atoms with Gasteiger partial charge in [-0.3, -0.25) is 4.79 Å². The lowest BCUT2D eigenvalue weighted by atomic mass is 9.58. The SMILES string of the molecule is CCC(C)(C)CC=CC(C)(C)C(C)(CC)CC(C)(C)C(C)=O. The van der Waals surface area contributed by atoms with Crippen LogP contribution in [0, 0.1) is 21.7 Å². The lowest BCUT2D eigenvalue weighted by Gasteiger charge is -2.46. The Hall–Kier alpha value is -0.590. The van der Waals surface area contributed by atoms with Crippen LogP contribution >= 0.6 is 0 Å². The number of carbonyl (C=O) groups is 1. The Bertz CT molecular complexity index is 398. The molecule has 0 N–H and O–H groups in total. The minimum Gasteiger partial charge on any atom is -0.299 e. The molecule has 0 radical (unpaired) electrons. The first-order valence-corrected chi connectivity index (χ1v) is 8.92. The third kappa shape index (κ3) is 5.56. The van der Waals surface area contributed by atoms with E-state index in [-0.39, 0.29) is 16.2 Å². The van der Waals surface area contributed by atoms with Crippen LogP contribution in [0.25, 0.3) is 0 Å². The fourth-order valence-electron chi connectivity index (χ4n) is 2.93. The van der Waals surface area contributed by atoms with Gasteiger partial charge in [-0.2, -0.15) is 0 Å². The van der Waals surface area contributed by atoms with Crippen molar-refractivity contribution in [2.75, 3.05) is 0 Å². The normalized spacial score (nSPS) is 16.8. The Morgan fingerprint density at radius 3 is 1.77 bits per heavy atom. The summed E-state index contributed by atoms with van der Waals surface area (Å²) in [6.07, 6.45) is 9.07. The Morgan fingerprint density at radius 2 is 1.41 bits per heavy atom.